The lowest BCUT2D eigenvalue weighted by atomic mass is 10.1. The van der Waals surface area contributed by atoms with Crippen LogP contribution in [0.3, 0.4) is 0 Å². The smallest absolute Gasteiger partial charge is 0.311 e. The zero-order valence-electron chi connectivity index (χ0n) is 19.5. The highest BCUT2D eigenvalue weighted by atomic mass is 16.5. The van der Waals surface area contributed by atoms with E-state index in [0.717, 1.165) is 29.7 Å². The fraction of sp³-hybridized carbons (Fsp3) is 0.731. The first-order valence-corrected chi connectivity index (χ1v) is 12.2. The molecule has 0 heterocycles. The molecule has 0 atom stereocenters. The lowest BCUT2D eigenvalue weighted by Gasteiger charge is -2.36. The van der Waals surface area contributed by atoms with Gasteiger partial charge in [-0.15, -0.1) is 0 Å². The molecule has 0 unspecified atom stereocenters. The van der Waals surface area contributed by atoms with Crippen LogP contribution in [0.4, 0.5) is 0 Å². The Morgan fingerprint density at radius 2 is 1.31 bits per heavy atom. The van der Waals surface area contributed by atoms with Gasteiger partial charge in [0.15, 0.2) is 0 Å². The molecule has 0 aliphatic rings. The molecule has 0 saturated carbocycles. The van der Waals surface area contributed by atoms with Crippen molar-refractivity contribution in [2.75, 3.05) is 26.2 Å². The van der Waals surface area contributed by atoms with Gasteiger partial charge in [0.1, 0.15) is 6.61 Å². The van der Waals surface area contributed by atoms with Crippen LogP contribution in [0.1, 0.15) is 97.0 Å². The number of unbranched alkanes of at least 4 members (excludes halogenated alkanes) is 9. The van der Waals surface area contributed by atoms with Gasteiger partial charge in [0.05, 0.1) is 32.6 Å². The molecule has 0 radical (unpaired) electrons. The Bertz CT molecular complexity index is 511. The van der Waals surface area contributed by atoms with Crippen LogP contribution in [0.5, 0.6) is 0 Å². The summed E-state index contributed by atoms with van der Waals surface area (Å²) in [6.45, 7) is 11.5. The van der Waals surface area contributed by atoms with Crippen LogP contribution in [0.25, 0.3) is 0 Å². The number of esters is 1. The SMILES string of the molecule is CCCCCCCCCCCC[N+](CC)(CC)CCC(=O)OCc1ccccc1. The van der Waals surface area contributed by atoms with E-state index in [2.05, 4.69) is 20.8 Å². The number of carbonyl (C=O) groups is 1. The molecular weight excluding hydrogens is 358 g/mol. The fourth-order valence-corrected chi connectivity index (χ4v) is 4.04. The Morgan fingerprint density at radius 1 is 0.759 bits per heavy atom. The molecule has 3 nitrogen and oxygen atoms in total. The van der Waals surface area contributed by atoms with E-state index in [1.807, 2.05) is 30.3 Å². The summed E-state index contributed by atoms with van der Waals surface area (Å²) in [5.74, 6) is -0.0682. The van der Waals surface area contributed by atoms with Crippen molar-refractivity contribution in [3.8, 4) is 0 Å². The predicted octanol–water partition coefficient (Wildman–Crippen LogP) is 6.90. The molecule has 1 aromatic carbocycles. The molecule has 29 heavy (non-hydrogen) atoms. The standard InChI is InChI=1S/C26H46NO2/c1-4-7-8-9-10-11-12-13-14-18-22-27(5-2,6-3)23-21-26(28)29-24-25-19-16-15-17-20-25/h15-17,19-20H,4-14,18,21-24H2,1-3H3/q+1. The Balaban J connectivity index is 2.18. The van der Waals surface area contributed by atoms with Gasteiger partial charge in [0, 0.05) is 0 Å². The summed E-state index contributed by atoms with van der Waals surface area (Å²) in [4.78, 5) is 12.2. The third-order valence-electron chi connectivity index (χ3n) is 6.36. The van der Waals surface area contributed by atoms with Crippen LogP contribution in [-0.2, 0) is 16.1 Å². The van der Waals surface area contributed by atoms with Gasteiger partial charge in [-0.1, -0.05) is 88.6 Å². The lowest BCUT2D eigenvalue weighted by Crippen LogP contribution is -2.49. The van der Waals surface area contributed by atoms with Crippen LogP contribution in [0.15, 0.2) is 30.3 Å². The molecule has 166 valence electrons. The number of quaternary nitrogens is 1. The maximum absolute atomic E-state index is 12.2. The normalized spacial score (nSPS) is 11.6. The molecule has 0 spiro atoms. The summed E-state index contributed by atoms with van der Waals surface area (Å²) in [6.07, 6.45) is 14.2. The third kappa shape index (κ3) is 12.1. The van der Waals surface area contributed by atoms with Crippen molar-refractivity contribution >= 4 is 5.97 Å². The third-order valence-corrected chi connectivity index (χ3v) is 6.36. The molecule has 0 N–H and O–H groups in total. The fourth-order valence-electron chi connectivity index (χ4n) is 4.04. The number of benzene rings is 1. The predicted molar refractivity (Wildman–Crippen MR) is 124 cm³/mol. The summed E-state index contributed by atoms with van der Waals surface area (Å²) in [6, 6.07) is 9.93. The molecule has 0 saturated heterocycles. The molecule has 0 bridgehead atoms. The van der Waals surface area contributed by atoms with Crippen LogP contribution >= 0.6 is 0 Å². The average Bonchev–Trinajstić information content (AvgIpc) is 2.76. The van der Waals surface area contributed by atoms with Crippen molar-refractivity contribution in [3.63, 3.8) is 0 Å². The highest BCUT2D eigenvalue weighted by molar-refractivity contribution is 5.69. The van der Waals surface area contributed by atoms with Gasteiger partial charge in [0.2, 0.25) is 0 Å². The molecule has 0 aliphatic carbocycles. The van der Waals surface area contributed by atoms with Gasteiger partial charge < -0.3 is 9.22 Å². The first-order chi connectivity index (χ1) is 14.2. The first kappa shape index (κ1) is 25.7. The molecule has 0 aromatic heterocycles. The molecule has 1 aromatic rings. The van der Waals surface area contributed by atoms with Gasteiger partial charge in [-0.05, 0) is 32.3 Å². The van der Waals surface area contributed by atoms with Crippen molar-refractivity contribution in [1.29, 1.82) is 0 Å². The second-order valence-corrected chi connectivity index (χ2v) is 8.50. The number of hydrogen-bond acceptors (Lipinski definition) is 2. The second-order valence-electron chi connectivity index (χ2n) is 8.50. The first-order valence-electron chi connectivity index (χ1n) is 12.2. The zero-order valence-corrected chi connectivity index (χ0v) is 19.5. The maximum atomic E-state index is 12.2. The minimum absolute atomic E-state index is 0.0682. The average molecular weight is 405 g/mol. The van der Waals surface area contributed by atoms with E-state index in [-0.39, 0.29) is 5.97 Å². The summed E-state index contributed by atoms with van der Waals surface area (Å²) in [7, 11) is 0. The molecular formula is C26H46NO2+. The molecule has 3 heteroatoms. The number of carbonyl (C=O) groups excluding carboxylic acids is 1. The van der Waals surface area contributed by atoms with Crippen LogP contribution in [0.2, 0.25) is 0 Å². The Hall–Kier alpha value is -1.35. The largest absolute Gasteiger partial charge is 0.461 e. The van der Waals surface area contributed by atoms with Crippen molar-refractivity contribution in [1.82, 2.24) is 0 Å². The van der Waals surface area contributed by atoms with E-state index in [4.69, 9.17) is 4.74 Å². The highest BCUT2D eigenvalue weighted by Gasteiger charge is 2.24. The minimum atomic E-state index is -0.0682. The topological polar surface area (TPSA) is 26.3 Å². The van der Waals surface area contributed by atoms with E-state index in [9.17, 15) is 4.79 Å². The van der Waals surface area contributed by atoms with Crippen molar-refractivity contribution in [2.45, 2.75) is 98.0 Å². The lowest BCUT2D eigenvalue weighted by molar-refractivity contribution is -0.924. The summed E-state index contributed by atoms with van der Waals surface area (Å²) in [5.41, 5.74) is 1.05. The van der Waals surface area contributed by atoms with Gasteiger partial charge in [0.25, 0.3) is 0 Å². The van der Waals surface area contributed by atoms with E-state index < -0.39 is 0 Å². The molecule has 0 amide bonds. The van der Waals surface area contributed by atoms with Gasteiger partial charge >= 0.3 is 5.97 Å². The molecule has 0 aliphatic heterocycles. The Kier molecular flexibility index (Phi) is 14.6. The molecule has 1 rings (SSSR count). The summed E-state index contributed by atoms with van der Waals surface area (Å²) < 4.78 is 6.51. The monoisotopic (exact) mass is 404 g/mol. The second kappa shape index (κ2) is 16.4. The summed E-state index contributed by atoms with van der Waals surface area (Å²) in [5, 5.41) is 0. The highest BCUT2D eigenvalue weighted by Crippen LogP contribution is 2.15. The van der Waals surface area contributed by atoms with Gasteiger partial charge in [-0.2, -0.15) is 0 Å². The molecule has 0 fully saturated rings. The number of ether oxygens (including phenoxy) is 1. The Morgan fingerprint density at radius 3 is 1.86 bits per heavy atom. The maximum Gasteiger partial charge on any atom is 0.311 e. The zero-order chi connectivity index (χ0) is 21.2. The minimum Gasteiger partial charge on any atom is -0.461 e. The van der Waals surface area contributed by atoms with Crippen LogP contribution < -0.4 is 0 Å². The van der Waals surface area contributed by atoms with Crippen LogP contribution in [-0.4, -0.2) is 36.6 Å². The quantitative estimate of drug-likeness (QED) is 0.151. The van der Waals surface area contributed by atoms with Gasteiger partial charge in [-0.25, -0.2) is 0 Å². The number of hydrogen-bond donors (Lipinski definition) is 0. The van der Waals surface area contributed by atoms with Crippen LogP contribution in [0, 0.1) is 0 Å². The van der Waals surface area contributed by atoms with Crippen molar-refractivity contribution in [3.05, 3.63) is 35.9 Å². The van der Waals surface area contributed by atoms with Crippen molar-refractivity contribution < 1.29 is 14.0 Å². The van der Waals surface area contributed by atoms with E-state index >= 15 is 0 Å². The Labute approximate surface area is 180 Å². The number of nitrogens with zero attached hydrogens (tertiary/aromatic N) is 1. The van der Waals surface area contributed by atoms with Crippen molar-refractivity contribution in [2.24, 2.45) is 0 Å². The van der Waals surface area contributed by atoms with Gasteiger partial charge in [-0.3, -0.25) is 4.79 Å². The number of rotatable bonds is 18. The van der Waals surface area contributed by atoms with E-state index in [1.54, 1.807) is 0 Å². The van der Waals surface area contributed by atoms with E-state index in [1.165, 1.54) is 70.8 Å². The summed E-state index contributed by atoms with van der Waals surface area (Å²) >= 11 is 0. The van der Waals surface area contributed by atoms with E-state index in [0.29, 0.717) is 13.0 Å².